The molecule has 0 atom stereocenters. The van der Waals surface area contributed by atoms with Gasteiger partial charge in [0.25, 0.3) is 0 Å². The van der Waals surface area contributed by atoms with E-state index in [1.807, 2.05) is 0 Å². The van der Waals surface area contributed by atoms with Crippen molar-refractivity contribution >= 4 is 34.4 Å². The summed E-state index contributed by atoms with van der Waals surface area (Å²) in [6.45, 7) is 1.32. The maximum absolute atomic E-state index is 13.2. The molecule has 0 saturated heterocycles. The van der Waals surface area contributed by atoms with E-state index in [0.717, 1.165) is 4.88 Å². The van der Waals surface area contributed by atoms with Crippen LogP contribution in [0.4, 0.5) is 10.1 Å². The van der Waals surface area contributed by atoms with Crippen molar-refractivity contribution in [3.05, 3.63) is 68.9 Å². The minimum Gasteiger partial charge on any atom is -0.486 e. The number of hydrogen-bond acceptors (Lipinski definition) is 6. The number of halogens is 2. The zero-order valence-electron chi connectivity index (χ0n) is 14.0. The quantitative estimate of drug-likeness (QED) is 0.632. The van der Waals surface area contributed by atoms with Crippen LogP contribution in [0.1, 0.15) is 20.8 Å². The monoisotopic (exact) mass is 404 g/mol. The van der Waals surface area contributed by atoms with Gasteiger partial charge in [-0.1, -0.05) is 11.6 Å². The third-order valence-electron chi connectivity index (χ3n) is 4.01. The standard InChI is InChI=1S/C19H14ClFN2O3S/c20-19-23-10-13(27-19)9-22-15-8-17-16(25-5-6-26-17)7-14(15)18(24)11-1-3-12(21)4-2-11/h1-4,7-8,10,22H,5-6,9H2. The highest BCUT2D eigenvalue weighted by atomic mass is 35.5. The second-order valence-corrected chi connectivity index (χ2v) is 7.51. The Hall–Kier alpha value is -2.64. The Morgan fingerprint density at radius 1 is 1.19 bits per heavy atom. The molecule has 138 valence electrons. The summed E-state index contributed by atoms with van der Waals surface area (Å²) in [4.78, 5) is 17.9. The molecule has 4 rings (SSSR count). The first-order valence-corrected chi connectivity index (χ1v) is 9.37. The minimum atomic E-state index is -0.394. The summed E-state index contributed by atoms with van der Waals surface area (Å²) in [5, 5.41) is 3.24. The first-order chi connectivity index (χ1) is 13.1. The summed E-state index contributed by atoms with van der Waals surface area (Å²) >= 11 is 7.23. The number of hydrogen-bond donors (Lipinski definition) is 1. The van der Waals surface area contributed by atoms with Crippen LogP contribution in [-0.2, 0) is 6.54 Å². The third-order valence-corrected chi connectivity index (χ3v) is 5.13. The molecule has 1 aliphatic heterocycles. The van der Waals surface area contributed by atoms with Gasteiger partial charge in [-0.15, -0.1) is 11.3 Å². The number of nitrogens with zero attached hydrogens (tertiary/aromatic N) is 1. The number of carbonyl (C=O) groups is 1. The zero-order chi connectivity index (χ0) is 18.8. The highest BCUT2D eigenvalue weighted by molar-refractivity contribution is 7.15. The van der Waals surface area contributed by atoms with Gasteiger partial charge in [0.1, 0.15) is 19.0 Å². The van der Waals surface area contributed by atoms with E-state index in [1.54, 1.807) is 18.3 Å². The topological polar surface area (TPSA) is 60.5 Å². The fourth-order valence-electron chi connectivity index (χ4n) is 2.73. The molecule has 3 aromatic rings. The summed E-state index contributed by atoms with van der Waals surface area (Å²) in [5.41, 5.74) is 1.40. The predicted octanol–water partition coefficient (Wildman–Crippen LogP) is 4.55. The van der Waals surface area contributed by atoms with E-state index in [-0.39, 0.29) is 5.78 Å². The van der Waals surface area contributed by atoms with Crippen molar-refractivity contribution in [2.45, 2.75) is 6.54 Å². The molecule has 0 spiro atoms. The van der Waals surface area contributed by atoms with E-state index >= 15 is 0 Å². The zero-order valence-corrected chi connectivity index (χ0v) is 15.6. The first kappa shape index (κ1) is 17.8. The average Bonchev–Trinajstić information content (AvgIpc) is 3.11. The molecule has 0 bridgehead atoms. The van der Waals surface area contributed by atoms with Crippen LogP contribution in [0, 0.1) is 5.82 Å². The van der Waals surface area contributed by atoms with Crippen molar-refractivity contribution in [3.8, 4) is 11.5 Å². The molecular formula is C19H14ClFN2O3S. The highest BCUT2D eigenvalue weighted by Crippen LogP contribution is 2.37. The molecule has 1 aliphatic rings. The summed E-state index contributed by atoms with van der Waals surface area (Å²) in [7, 11) is 0. The number of ketones is 1. The van der Waals surface area contributed by atoms with Crippen molar-refractivity contribution < 1.29 is 18.7 Å². The van der Waals surface area contributed by atoms with E-state index in [4.69, 9.17) is 21.1 Å². The largest absolute Gasteiger partial charge is 0.486 e. The highest BCUT2D eigenvalue weighted by Gasteiger charge is 2.21. The number of fused-ring (bicyclic) bond motifs is 1. The first-order valence-electron chi connectivity index (χ1n) is 8.18. The summed E-state index contributed by atoms with van der Waals surface area (Å²) in [6.07, 6.45) is 1.68. The number of nitrogens with one attached hydrogen (secondary N) is 1. The summed E-state index contributed by atoms with van der Waals surface area (Å²) in [5.74, 6) is 0.450. The maximum Gasteiger partial charge on any atom is 0.195 e. The number of rotatable bonds is 5. The lowest BCUT2D eigenvalue weighted by Crippen LogP contribution is -2.17. The molecule has 0 fully saturated rings. The number of benzene rings is 2. The van der Waals surface area contributed by atoms with Gasteiger partial charge in [-0.2, -0.15) is 0 Å². The Morgan fingerprint density at radius 2 is 1.89 bits per heavy atom. The van der Waals surface area contributed by atoms with Gasteiger partial charge in [-0.05, 0) is 30.3 Å². The lowest BCUT2D eigenvalue weighted by Gasteiger charge is -2.21. The Labute approximate surface area is 163 Å². The van der Waals surface area contributed by atoms with E-state index in [1.165, 1.54) is 35.6 Å². The number of aromatic nitrogens is 1. The van der Waals surface area contributed by atoms with Crippen molar-refractivity contribution in [2.24, 2.45) is 0 Å². The second kappa shape index (κ2) is 7.54. The van der Waals surface area contributed by atoms with Crippen LogP contribution in [0.2, 0.25) is 4.47 Å². The Morgan fingerprint density at radius 3 is 2.56 bits per heavy atom. The van der Waals surface area contributed by atoms with Gasteiger partial charge >= 0.3 is 0 Å². The average molecular weight is 405 g/mol. The molecule has 2 heterocycles. The third kappa shape index (κ3) is 3.89. The lowest BCUT2D eigenvalue weighted by atomic mass is 10.0. The summed E-state index contributed by atoms with van der Waals surface area (Å²) < 4.78 is 24.9. The number of carbonyl (C=O) groups excluding carboxylic acids is 1. The van der Waals surface area contributed by atoms with Gasteiger partial charge < -0.3 is 14.8 Å². The molecule has 0 amide bonds. The fraction of sp³-hybridized carbons (Fsp3) is 0.158. The Kier molecular flexibility index (Phi) is 4.96. The normalized spacial score (nSPS) is 12.7. The van der Waals surface area contributed by atoms with Gasteiger partial charge in [0.05, 0.1) is 6.54 Å². The second-order valence-electron chi connectivity index (χ2n) is 5.81. The Balaban J connectivity index is 1.69. The van der Waals surface area contributed by atoms with Crippen molar-refractivity contribution in [2.75, 3.05) is 18.5 Å². The fourth-order valence-corrected chi connectivity index (χ4v) is 3.64. The van der Waals surface area contributed by atoms with Gasteiger partial charge in [-0.3, -0.25) is 4.79 Å². The van der Waals surface area contributed by atoms with Crippen LogP contribution in [0.15, 0.2) is 42.6 Å². The minimum absolute atomic E-state index is 0.239. The maximum atomic E-state index is 13.2. The number of thiazole rings is 1. The van der Waals surface area contributed by atoms with Gasteiger partial charge in [0.2, 0.25) is 0 Å². The van der Waals surface area contributed by atoms with E-state index in [0.29, 0.717) is 52.5 Å². The molecular weight excluding hydrogens is 391 g/mol. The Bertz CT molecular complexity index is 991. The number of anilines is 1. The van der Waals surface area contributed by atoms with E-state index in [2.05, 4.69) is 10.3 Å². The molecule has 0 aliphatic carbocycles. The van der Waals surface area contributed by atoms with E-state index < -0.39 is 5.82 Å². The van der Waals surface area contributed by atoms with Gasteiger partial charge in [0.15, 0.2) is 21.7 Å². The molecule has 27 heavy (non-hydrogen) atoms. The van der Waals surface area contributed by atoms with Crippen LogP contribution in [-0.4, -0.2) is 24.0 Å². The smallest absolute Gasteiger partial charge is 0.195 e. The van der Waals surface area contributed by atoms with E-state index in [9.17, 15) is 9.18 Å². The van der Waals surface area contributed by atoms with Crippen LogP contribution in [0.5, 0.6) is 11.5 Å². The molecule has 0 saturated carbocycles. The van der Waals surface area contributed by atoms with Crippen LogP contribution in [0.3, 0.4) is 0 Å². The van der Waals surface area contributed by atoms with Crippen molar-refractivity contribution in [1.82, 2.24) is 4.98 Å². The molecule has 5 nitrogen and oxygen atoms in total. The van der Waals surface area contributed by atoms with Crippen molar-refractivity contribution in [3.63, 3.8) is 0 Å². The van der Waals surface area contributed by atoms with Crippen LogP contribution < -0.4 is 14.8 Å². The van der Waals surface area contributed by atoms with Crippen LogP contribution in [0.25, 0.3) is 0 Å². The molecule has 0 unspecified atom stereocenters. The van der Waals surface area contributed by atoms with Crippen LogP contribution >= 0.6 is 22.9 Å². The predicted molar refractivity (Wildman–Crippen MR) is 102 cm³/mol. The molecule has 1 N–H and O–H groups in total. The SMILES string of the molecule is O=C(c1ccc(F)cc1)c1cc2c(cc1NCc1cnc(Cl)s1)OCCO2. The molecule has 2 aromatic carbocycles. The molecule has 1 aromatic heterocycles. The molecule has 8 heteroatoms. The summed E-state index contributed by atoms with van der Waals surface area (Å²) in [6, 6.07) is 8.84. The lowest BCUT2D eigenvalue weighted by molar-refractivity contribution is 0.103. The van der Waals surface area contributed by atoms with Crippen molar-refractivity contribution in [1.29, 1.82) is 0 Å². The number of ether oxygens (including phenoxy) is 2. The van der Waals surface area contributed by atoms with Gasteiger partial charge in [-0.25, -0.2) is 9.37 Å². The molecule has 0 radical (unpaired) electrons. The van der Waals surface area contributed by atoms with Gasteiger partial charge in [0, 0.05) is 34.0 Å².